The molecule has 2 aromatic carbocycles. The Labute approximate surface area is 212 Å². The first kappa shape index (κ1) is 23.6. The minimum atomic E-state index is -0.512. The maximum atomic E-state index is 14.3. The van der Waals surface area contributed by atoms with Crippen molar-refractivity contribution in [2.45, 2.75) is 19.9 Å². The SMILES string of the molecule is [C-]#[N+]c1cnc(N)nc1N[C@@H](C)c1cc2cccc(-c3ccnc(C)c3)c2c(=O)n1-c1cccc(F)c1. The first-order chi connectivity index (χ1) is 17.9. The monoisotopic (exact) mass is 491 g/mol. The minimum Gasteiger partial charge on any atom is -0.371 e. The summed E-state index contributed by atoms with van der Waals surface area (Å²) in [5, 5.41) is 4.41. The van der Waals surface area contributed by atoms with Gasteiger partial charge in [-0.2, -0.15) is 0 Å². The molecule has 37 heavy (non-hydrogen) atoms. The molecule has 0 saturated heterocycles. The maximum absolute atomic E-state index is 14.3. The van der Waals surface area contributed by atoms with E-state index in [4.69, 9.17) is 12.3 Å². The number of nitrogens with one attached hydrogen (secondary N) is 1. The van der Waals surface area contributed by atoms with Gasteiger partial charge in [-0.1, -0.05) is 24.3 Å². The fourth-order valence-electron chi connectivity index (χ4n) is 4.39. The average Bonchev–Trinajstić information content (AvgIpc) is 2.88. The van der Waals surface area contributed by atoms with Crippen LogP contribution in [0.1, 0.15) is 24.4 Å². The summed E-state index contributed by atoms with van der Waals surface area (Å²) in [6.07, 6.45) is 3.05. The van der Waals surface area contributed by atoms with E-state index in [0.29, 0.717) is 16.8 Å². The Morgan fingerprint density at radius 1 is 1.11 bits per heavy atom. The molecule has 0 aliphatic heterocycles. The predicted molar refractivity (Wildman–Crippen MR) is 142 cm³/mol. The lowest BCUT2D eigenvalue weighted by molar-refractivity contribution is 0.625. The second-order valence-corrected chi connectivity index (χ2v) is 8.59. The Kier molecular flexibility index (Phi) is 6.07. The molecule has 3 aromatic heterocycles. The zero-order chi connectivity index (χ0) is 26.1. The van der Waals surface area contributed by atoms with E-state index in [1.165, 1.54) is 22.9 Å². The van der Waals surface area contributed by atoms with Crippen molar-refractivity contribution in [2.24, 2.45) is 0 Å². The number of rotatable bonds is 5. The molecule has 0 spiro atoms. The lowest BCUT2D eigenvalue weighted by Gasteiger charge is -2.22. The van der Waals surface area contributed by atoms with Crippen molar-refractivity contribution >= 4 is 28.2 Å². The van der Waals surface area contributed by atoms with Crippen molar-refractivity contribution in [3.63, 3.8) is 0 Å². The number of aryl methyl sites for hydroxylation is 1. The standard InChI is InChI=1S/C28H22FN7O/c1-16-12-18(10-11-32-16)22-9-4-6-19-13-24(17(2)34-26-23(31-3)15-33-28(30)35-26)36(27(37)25(19)22)21-8-5-7-20(29)14-21/h4-15,17H,1-2H3,(H3,30,33,34,35)/t17-/m0/s1. The quantitative estimate of drug-likeness (QED) is 0.311. The van der Waals surface area contributed by atoms with Crippen LogP contribution in [0.4, 0.5) is 21.8 Å². The van der Waals surface area contributed by atoms with E-state index in [2.05, 4.69) is 25.1 Å². The van der Waals surface area contributed by atoms with Crippen LogP contribution >= 0.6 is 0 Å². The van der Waals surface area contributed by atoms with Crippen molar-refractivity contribution in [1.82, 2.24) is 19.5 Å². The molecular formula is C28H22FN7O. The van der Waals surface area contributed by atoms with Gasteiger partial charge >= 0.3 is 0 Å². The number of aromatic nitrogens is 4. The van der Waals surface area contributed by atoms with Gasteiger partial charge in [0, 0.05) is 23.8 Å². The van der Waals surface area contributed by atoms with Crippen LogP contribution < -0.4 is 16.6 Å². The number of halogens is 1. The van der Waals surface area contributed by atoms with Crippen molar-refractivity contribution in [3.8, 4) is 16.8 Å². The first-order valence-corrected chi connectivity index (χ1v) is 11.5. The number of pyridine rings is 2. The van der Waals surface area contributed by atoms with Gasteiger partial charge in [0.2, 0.25) is 11.6 Å². The van der Waals surface area contributed by atoms with Gasteiger partial charge < -0.3 is 11.1 Å². The molecule has 5 rings (SSSR count). The summed E-state index contributed by atoms with van der Waals surface area (Å²) < 4.78 is 15.8. The summed E-state index contributed by atoms with van der Waals surface area (Å²) in [5.41, 5.74) is 9.01. The van der Waals surface area contributed by atoms with Crippen molar-refractivity contribution < 1.29 is 4.39 Å². The van der Waals surface area contributed by atoms with Gasteiger partial charge in [0.15, 0.2) is 0 Å². The molecule has 0 unspecified atom stereocenters. The third-order valence-electron chi connectivity index (χ3n) is 6.05. The van der Waals surface area contributed by atoms with Gasteiger partial charge in [0.1, 0.15) is 11.6 Å². The molecule has 0 aliphatic rings. The Bertz CT molecular complexity index is 1760. The Morgan fingerprint density at radius 3 is 2.68 bits per heavy atom. The zero-order valence-corrected chi connectivity index (χ0v) is 20.1. The number of hydrogen-bond donors (Lipinski definition) is 2. The number of fused-ring (bicyclic) bond motifs is 1. The highest BCUT2D eigenvalue weighted by atomic mass is 19.1. The molecule has 9 heteroatoms. The zero-order valence-electron chi connectivity index (χ0n) is 20.1. The molecule has 5 aromatic rings. The second kappa shape index (κ2) is 9.51. The molecule has 182 valence electrons. The number of anilines is 2. The number of nitrogen functional groups attached to an aromatic ring is 1. The molecule has 0 radical (unpaired) electrons. The van der Waals surface area contributed by atoms with Crippen LogP contribution in [-0.2, 0) is 0 Å². The molecule has 0 saturated carbocycles. The Morgan fingerprint density at radius 2 is 1.92 bits per heavy atom. The second-order valence-electron chi connectivity index (χ2n) is 8.59. The summed E-state index contributed by atoms with van der Waals surface area (Å²) in [6, 6.07) is 16.7. The van der Waals surface area contributed by atoms with E-state index < -0.39 is 11.9 Å². The summed E-state index contributed by atoms with van der Waals surface area (Å²) in [4.78, 5) is 29.9. The van der Waals surface area contributed by atoms with Crippen LogP contribution in [0.3, 0.4) is 0 Å². The third-order valence-corrected chi connectivity index (χ3v) is 6.05. The molecule has 3 N–H and O–H groups in total. The Hall–Kier alpha value is -5.10. The summed E-state index contributed by atoms with van der Waals surface area (Å²) in [5.74, 6) is -0.206. The van der Waals surface area contributed by atoms with Gasteiger partial charge in [-0.3, -0.25) is 14.3 Å². The van der Waals surface area contributed by atoms with Gasteiger partial charge in [-0.15, -0.1) is 0 Å². The largest absolute Gasteiger partial charge is 0.371 e. The van der Waals surface area contributed by atoms with Gasteiger partial charge in [-0.05, 0) is 66.8 Å². The van der Waals surface area contributed by atoms with Crippen LogP contribution in [0.15, 0.2) is 77.9 Å². The molecule has 3 heterocycles. The van der Waals surface area contributed by atoms with E-state index in [0.717, 1.165) is 22.2 Å². The molecule has 0 bridgehead atoms. The summed E-state index contributed by atoms with van der Waals surface area (Å²) in [6.45, 7) is 11.2. The molecule has 0 amide bonds. The summed E-state index contributed by atoms with van der Waals surface area (Å²) in [7, 11) is 0. The van der Waals surface area contributed by atoms with Crippen LogP contribution in [0.2, 0.25) is 0 Å². The highest BCUT2D eigenvalue weighted by molar-refractivity contribution is 5.96. The van der Waals surface area contributed by atoms with E-state index in [-0.39, 0.29) is 23.0 Å². The van der Waals surface area contributed by atoms with Crippen LogP contribution in [0.5, 0.6) is 0 Å². The lowest BCUT2D eigenvalue weighted by atomic mass is 9.98. The topological polar surface area (TPSA) is 103 Å². The fourth-order valence-corrected chi connectivity index (χ4v) is 4.39. The van der Waals surface area contributed by atoms with E-state index in [1.807, 2.05) is 50.2 Å². The predicted octanol–water partition coefficient (Wildman–Crippen LogP) is 5.60. The minimum absolute atomic E-state index is 0.0143. The molecular weight excluding hydrogens is 469 g/mol. The molecule has 1 atom stereocenters. The first-order valence-electron chi connectivity index (χ1n) is 11.5. The van der Waals surface area contributed by atoms with Crippen LogP contribution in [-0.4, -0.2) is 19.5 Å². The van der Waals surface area contributed by atoms with Crippen molar-refractivity contribution in [1.29, 1.82) is 0 Å². The third kappa shape index (κ3) is 4.48. The van der Waals surface area contributed by atoms with E-state index in [9.17, 15) is 9.18 Å². The Balaban J connectivity index is 1.77. The number of nitrogens with two attached hydrogens (primary N) is 1. The van der Waals surface area contributed by atoms with Gasteiger partial charge in [0.25, 0.3) is 5.56 Å². The molecule has 0 aliphatic carbocycles. The van der Waals surface area contributed by atoms with E-state index in [1.54, 1.807) is 18.3 Å². The van der Waals surface area contributed by atoms with Crippen LogP contribution in [0.25, 0.3) is 32.4 Å². The highest BCUT2D eigenvalue weighted by Gasteiger charge is 2.20. The highest BCUT2D eigenvalue weighted by Crippen LogP contribution is 2.31. The smallest absolute Gasteiger partial charge is 0.263 e. The van der Waals surface area contributed by atoms with Gasteiger partial charge in [0.05, 0.1) is 23.7 Å². The summed E-state index contributed by atoms with van der Waals surface area (Å²) >= 11 is 0. The van der Waals surface area contributed by atoms with Crippen molar-refractivity contribution in [2.75, 3.05) is 11.1 Å². The van der Waals surface area contributed by atoms with Crippen molar-refractivity contribution in [3.05, 3.63) is 112 Å². The number of hydrogen-bond acceptors (Lipinski definition) is 6. The normalized spacial score (nSPS) is 11.7. The average molecular weight is 492 g/mol. The maximum Gasteiger partial charge on any atom is 0.263 e. The molecule has 0 fully saturated rings. The molecule has 8 nitrogen and oxygen atoms in total. The number of benzene rings is 2. The fraction of sp³-hybridized carbons (Fsp3) is 0.107. The van der Waals surface area contributed by atoms with Gasteiger partial charge in [-0.25, -0.2) is 19.2 Å². The number of nitrogens with zero attached hydrogens (tertiary/aromatic N) is 5. The van der Waals surface area contributed by atoms with Crippen LogP contribution in [0, 0.1) is 19.3 Å². The lowest BCUT2D eigenvalue weighted by Crippen LogP contribution is -2.26. The van der Waals surface area contributed by atoms with E-state index >= 15 is 0 Å².